The number of hydrogen-bond acceptors (Lipinski definition) is 21. The van der Waals surface area contributed by atoms with Gasteiger partial charge in [-0.1, -0.05) is 0 Å². The zero-order valence-corrected chi connectivity index (χ0v) is 63.6. The molecule has 4 atom stereocenters. The van der Waals surface area contributed by atoms with Gasteiger partial charge in [0, 0.05) is 190 Å². The number of thiophene rings is 3. The fraction of sp³-hybridized carbons (Fsp3) is 0.264. The van der Waals surface area contributed by atoms with E-state index in [4.69, 9.17) is 29.2 Å². The van der Waals surface area contributed by atoms with Gasteiger partial charge in [0.2, 0.25) is 11.8 Å². The average molecular weight is 2020 g/mol. The van der Waals surface area contributed by atoms with Gasteiger partial charge < -0.3 is 39.4 Å². The van der Waals surface area contributed by atoms with Gasteiger partial charge in [0.15, 0.2) is 11.6 Å². The first kappa shape index (κ1) is 71.5. The third-order valence-corrected chi connectivity index (χ3v) is 16.2. The number of aromatic nitrogens is 8. The molecule has 0 aliphatic carbocycles. The number of cyclic esters (lactones) is 2. The van der Waals surface area contributed by atoms with Crippen LogP contribution in [0.15, 0.2) is 117 Å². The average Bonchev–Trinajstić information content (AvgIpc) is 4.45. The minimum absolute atomic E-state index is 0. The molecule has 0 bridgehead atoms. The van der Waals surface area contributed by atoms with Gasteiger partial charge in [-0.2, -0.15) is 22.7 Å². The standard InChI is InChI=1S/C22H20N4O4S.C13H16N2O3.C9H6N2O2S.C5H3BrO2S.C4H3N2.B.Sn.3U/c1-13-3-4-14(30-20-16-10-29-22(28)15(16)5-8-25-20)9-26(13)21(27)18-12-31-11-17(18)19-23-6-2-7-24-19;1-8-2-3-9(6-15-8)18-12-11-7-17-13(16)10(11)4-5-14-12;12-9(13)7-5-14-4-6(7)8-10-2-1-3-11-8;6-4-3(5(7)8)1-2-9-4;1-2-5-4-6-3-1;;;;;/h2,5-8,11-14H,3-4,9-10H2,1H3;4-5,8-9,15H,2-3,6-7H2,1H3;1-5H,(H,12,13);1-2H,(H,7,8);1-3H;;;;;/t13-,14-;8-,9-;;;;;;;;/m11......../s1. The van der Waals surface area contributed by atoms with Crippen LogP contribution in [0, 0.1) is 93.3 Å². The molecule has 3 N–H and O–H groups in total. The Bertz CT molecular complexity index is 3400. The molecule has 420 valence electrons. The van der Waals surface area contributed by atoms with Crippen molar-refractivity contribution in [2.45, 2.75) is 77.0 Å². The number of ether oxygens (including phenoxy) is 4. The molecule has 0 saturated carbocycles. The number of carbonyl (C=O) groups is 5. The van der Waals surface area contributed by atoms with Crippen molar-refractivity contribution < 1.29 is 146 Å². The SMILES string of the molecule is C[C@@H]1CC[C@@H](Oc2nccc3c2COC3=O)CN1.C[C@@H]1CC[C@@H](Oc2nccc3c2COC3=O)CN1C(=O)c1cscc1-c1ncccn1.O=C(O)c1ccsc1Br.O=C(O)c1cscc1-c1ncccn1.[B].[Sn][c]1ncccn1.[U].[U].[U]. The third-order valence-electron chi connectivity index (χ3n) is 12.3. The van der Waals surface area contributed by atoms with Gasteiger partial charge in [-0.25, -0.2) is 49.1 Å². The largest absolute Gasteiger partial charge is 0 e. The zero-order valence-electron chi connectivity index (χ0n) is 44.2. The monoisotopic (exact) mass is 2020 g/mol. The van der Waals surface area contributed by atoms with Crippen molar-refractivity contribution in [1.82, 2.24) is 50.1 Å². The molecule has 2 fully saturated rings. The van der Waals surface area contributed by atoms with Crippen molar-refractivity contribution in [3.8, 4) is 34.5 Å². The molecule has 4 aliphatic rings. The molecular formula is C53H48BBrN10O11S3SnU3. The summed E-state index contributed by atoms with van der Waals surface area (Å²) in [4.78, 5) is 92.5. The molecular weight excluding hydrogens is 1970 g/mol. The zero-order chi connectivity index (χ0) is 55.8. The Balaban J connectivity index is 0.000000243. The van der Waals surface area contributed by atoms with Crippen LogP contribution in [-0.4, -0.2) is 153 Å². The normalized spacial score (nSPS) is 16.8. The van der Waals surface area contributed by atoms with E-state index in [-0.39, 0.29) is 157 Å². The van der Waals surface area contributed by atoms with Gasteiger partial charge >= 0.3 is 78.7 Å². The van der Waals surface area contributed by atoms with Crippen LogP contribution < -0.4 is 18.6 Å². The molecule has 83 heavy (non-hydrogen) atoms. The number of nitrogens with zero attached hydrogens (tertiary/aromatic N) is 9. The van der Waals surface area contributed by atoms with Gasteiger partial charge in [0.25, 0.3) is 5.91 Å². The Morgan fingerprint density at radius 3 is 1.57 bits per heavy atom. The quantitative estimate of drug-likeness (QED) is 0.0925. The van der Waals surface area contributed by atoms with Crippen LogP contribution in [0.3, 0.4) is 0 Å². The van der Waals surface area contributed by atoms with Gasteiger partial charge in [-0.3, -0.25) is 4.79 Å². The molecule has 21 nitrogen and oxygen atoms in total. The first-order valence-corrected chi connectivity index (χ1v) is 29.3. The number of nitrogens with one attached hydrogen (secondary N) is 1. The van der Waals surface area contributed by atoms with E-state index in [2.05, 4.69) is 68.0 Å². The van der Waals surface area contributed by atoms with Crippen molar-refractivity contribution in [3.63, 3.8) is 0 Å². The number of halogens is 1. The number of aromatic carboxylic acids is 2. The summed E-state index contributed by atoms with van der Waals surface area (Å²) in [6, 6.07) is 10.8. The number of piperidine rings is 2. The first-order chi connectivity index (χ1) is 38.2. The van der Waals surface area contributed by atoms with Crippen LogP contribution in [-0.2, 0) is 22.7 Å². The molecule has 0 aromatic carbocycles. The Morgan fingerprint density at radius 1 is 0.639 bits per heavy atom. The molecule has 30 heteroatoms. The smallest absolute Gasteiger partial charge is 0 e. The summed E-state index contributed by atoms with van der Waals surface area (Å²) in [5.74, 6) is -0.600. The number of pyridine rings is 2. The number of carboxylic acids is 2. The molecule has 0 spiro atoms. The maximum absolute atomic E-state index is 13.4. The molecule has 6 radical (unpaired) electrons. The minimum atomic E-state index is -0.950. The number of hydrogen-bond donors (Lipinski definition) is 3. The predicted molar refractivity (Wildman–Crippen MR) is 302 cm³/mol. The fourth-order valence-corrected chi connectivity index (χ4v) is 11.4. The molecule has 8 aromatic rings. The van der Waals surface area contributed by atoms with Crippen molar-refractivity contribution in [3.05, 3.63) is 156 Å². The number of fused-ring (bicyclic) bond motifs is 2. The number of amides is 1. The summed E-state index contributed by atoms with van der Waals surface area (Å²) >= 11 is 8.53. The topological polar surface area (TPSA) is 281 Å². The minimum Gasteiger partial charge on any atom is 0 e. The van der Waals surface area contributed by atoms with E-state index in [9.17, 15) is 24.0 Å². The Labute approximate surface area is 584 Å². The van der Waals surface area contributed by atoms with E-state index in [1.807, 2.05) is 28.7 Å². The van der Waals surface area contributed by atoms with Crippen LogP contribution in [0.25, 0.3) is 22.8 Å². The summed E-state index contributed by atoms with van der Waals surface area (Å²) in [5.41, 5.74) is 5.02. The summed E-state index contributed by atoms with van der Waals surface area (Å²) in [6.07, 6.45) is 16.8. The maximum atomic E-state index is 13.4. The number of likely N-dealkylation sites (tertiary alicyclic amines) is 1. The van der Waals surface area contributed by atoms with Crippen LogP contribution in [0.1, 0.15) is 102 Å². The van der Waals surface area contributed by atoms with Crippen molar-refractivity contribution >= 4 is 115 Å². The summed E-state index contributed by atoms with van der Waals surface area (Å²) in [5, 5.41) is 29.5. The summed E-state index contributed by atoms with van der Waals surface area (Å²) < 4.78 is 23.7. The van der Waals surface area contributed by atoms with E-state index >= 15 is 0 Å². The van der Waals surface area contributed by atoms with Gasteiger partial charge in [0.05, 0.1) is 49.3 Å². The number of esters is 2. The Morgan fingerprint density at radius 2 is 1.12 bits per heavy atom. The number of carbonyl (C=O) groups excluding carboxylic acids is 3. The molecule has 1 amide bonds. The van der Waals surface area contributed by atoms with Crippen LogP contribution in [0.4, 0.5) is 0 Å². The Kier molecular flexibility index (Phi) is 30.7. The molecule has 12 heterocycles. The van der Waals surface area contributed by atoms with Crippen molar-refractivity contribution in [1.29, 1.82) is 0 Å². The molecule has 4 aliphatic heterocycles. The van der Waals surface area contributed by atoms with Crippen LogP contribution in [0.5, 0.6) is 11.8 Å². The fourth-order valence-electron chi connectivity index (χ4n) is 8.13. The van der Waals surface area contributed by atoms with Gasteiger partial charge in [-0.15, -0.1) is 11.3 Å². The molecule has 2 saturated heterocycles. The van der Waals surface area contributed by atoms with Crippen molar-refractivity contribution in [2.24, 2.45) is 0 Å². The van der Waals surface area contributed by atoms with Gasteiger partial charge in [0.1, 0.15) is 25.4 Å². The second-order valence-corrected chi connectivity index (χ2v) is 22.5. The van der Waals surface area contributed by atoms with E-state index in [1.165, 1.54) is 56.5 Å². The number of rotatable bonds is 9. The third kappa shape index (κ3) is 19.8. The van der Waals surface area contributed by atoms with E-state index in [0.29, 0.717) is 73.2 Å². The molecule has 12 rings (SSSR count). The maximum Gasteiger partial charge on any atom is 0 e. The summed E-state index contributed by atoms with van der Waals surface area (Å²) in [6.45, 7) is 5.91. The second kappa shape index (κ2) is 35.6. The van der Waals surface area contributed by atoms with E-state index in [1.54, 1.807) is 96.0 Å². The van der Waals surface area contributed by atoms with Crippen LogP contribution in [0.2, 0.25) is 0 Å². The predicted octanol–water partition coefficient (Wildman–Crippen LogP) is 7.62. The number of carboxylic acid groups (broad SMARTS) is 2. The first-order valence-electron chi connectivity index (χ1n) is 24.3. The van der Waals surface area contributed by atoms with Crippen molar-refractivity contribution in [2.75, 3.05) is 13.1 Å². The van der Waals surface area contributed by atoms with Gasteiger partial charge in [-0.05, 0) is 91.2 Å². The molecule has 0 unspecified atom stereocenters. The van der Waals surface area contributed by atoms with E-state index in [0.717, 1.165) is 47.2 Å². The summed E-state index contributed by atoms with van der Waals surface area (Å²) in [7, 11) is 0. The Hall–Kier alpha value is -3.95. The molecule has 8 aromatic heterocycles. The van der Waals surface area contributed by atoms with E-state index < -0.39 is 11.9 Å². The second-order valence-electron chi connectivity index (χ2n) is 17.5. The van der Waals surface area contributed by atoms with Crippen LogP contribution >= 0.6 is 49.9 Å².